The van der Waals surface area contributed by atoms with Crippen molar-refractivity contribution in [3.8, 4) is 5.69 Å². The number of carbonyl (C=O) groups is 1. The molecule has 0 radical (unpaired) electrons. The molecule has 1 amide bonds. The van der Waals surface area contributed by atoms with Crippen molar-refractivity contribution in [2.45, 2.75) is 20.3 Å². The van der Waals surface area contributed by atoms with Crippen LogP contribution in [0, 0.1) is 18.8 Å². The van der Waals surface area contributed by atoms with Crippen LogP contribution in [0.3, 0.4) is 0 Å². The number of pyridine rings is 1. The van der Waals surface area contributed by atoms with Crippen molar-refractivity contribution in [3.05, 3.63) is 48.0 Å². The Morgan fingerprint density at radius 1 is 1.30 bits per heavy atom. The zero-order chi connectivity index (χ0) is 19.0. The molecular weight excluding hydrogens is 342 g/mol. The molecule has 140 valence electrons. The van der Waals surface area contributed by atoms with Crippen LogP contribution in [0.4, 0.5) is 0 Å². The fraction of sp³-hybridized carbons (Fsp3) is 0.400. The van der Waals surface area contributed by atoms with Gasteiger partial charge in [-0.05, 0) is 37.3 Å². The zero-order valence-electron chi connectivity index (χ0n) is 15.5. The molecule has 0 spiro atoms. The second kappa shape index (κ2) is 7.08. The van der Waals surface area contributed by atoms with Crippen molar-refractivity contribution >= 4 is 16.7 Å². The molecule has 1 aromatic carbocycles. The van der Waals surface area contributed by atoms with Crippen LogP contribution >= 0.6 is 0 Å². The van der Waals surface area contributed by atoms with E-state index in [4.69, 9.17) is 0 Å². The van der Waals surface area contributed by atoms with E-state index in [1.165, 1.54) is 0 Å². The van der Waals surface area contributed by atoms with Gasteiger partial charge in [-0.1, -0.05) is 24.3 Å². The summed E-state index contributed by atoms with van der Waals surface area (Å²) in [6.45, 7) is 5.32. The number of likely N-dealkylation sites (tertiary alicyclic amines) is 1. The van der Waals surface area contributed by atoms with Crippen LogP contribution < -0.4 is 0 Å². The minimum atomic E-state index is -0.120. The summed E-state index contributed by atoms with van der Waals surface area (Å²) < 4.78 is 1.71. The average molecular weight is 365 g/mol. The lowest BCUT2D eigenvalue weighted by Gasteiger charge is -2.35. The molecule has 1 fully saturated rings. The summed E-state index contributed by atoms with van der Waals surface area (Å²) in [7, 11) is 0. The van der Waals surface area contributed by atoms with E-state index >= 15 is 0 Å². The van der Waals surface area contributed by atoms with Gasteiger partial charge in [0.15, 0.2) is 5.69 Å². The highest BCUT2D eigenvalue weighted by atomic mass is 16.3. The number of nitrogens with zero attached hydrogens (tertiary/aromatic N) is 5. The first-order valence-corrected chi connectivity index (χ1v) is 9.24. The number of amides is 1. The van der Waals surface area contributed by atoms with Gasteiger partial charge in [0.05, 0.1) is 11.4 Å². The van der Waals surface area contributed by atoms with E-state index in [0.29, 0.717) is 30.4 Å². The molecule has 3 aromatic rings. The molecule has 7 nitrogen and oxygen atoms in total. The predicted octanol–water partition coefficient (Wildman–Crippen LogP) is 2.21. The Bertz CT molecular complexity index is 978. The van der Waals surface area contributed by atoms with Crippen LogP contribution in [0.15, 0.2) is 36.7 Å². The van der Waals surface area contributed by atoms with Crippen molar-refractivity contribution in [1.82, 2.24) is 24.9 Å². The molecule has 0 bridgehead atoms. The van der Waals surface area contributed by atoms with Crippen molar-refractivity contribution in [2.24, 2.45) is 11.8 Å². The highest BCUT2D eigenvalue weighted by Crippen LogP contribution is 2.25. The number of fused-ring (bicyclic) bond motifs is 1. The van der Waals surface area contributed by atoms with Gasteiger partial charge in [0.25, 0.3) is 5.91 Å². The molecule has 7 heteroatoms. The SMILES string of the molecule is Cc1c(C(=O)N2CC(C)CC(CO)C2)nnn1-c1cccc2cnccc12. The first kappa shape index (κ1) is 17.6. The average Bonchev–Trinajstić information content (AvgIpc) is 3.07. The Labute approximate surface area is 157 Å². The molecule has 2 aromatic heterocycles. The quantitative estimate of drug-likeness (QED) is 0.769. The van der Waals surface area contributed by atoms with Gasteiger partial charge in [-0.25, -0.2) is 4.68 Å². The fourth-order valence-corrected chi connectivity index (χ4v) is 3.97. The van der Waals surface area contributed by atoms with E-state index < -0.39 is 0 Å². The third kappa shape index (κ3) is 3.19. The van der Waals surface area contributed by atoms with Crippen LogP contribution in [-0.4, -0.2) is 55.6 Å². The summed E-state index contributed by atoms with van der Waals surface area (Å²) in [5.41, 5.74) is 1.95. The maximum atomic E-state index is 13.1. The molecule has 2 atom stereocenters. The number of aliphatic hydroxyl groups is 1. The topological polar surface area (TPSA) is 84.1 Å². The molecular formula is C20H23N5O2. The Morgan fingerprint density at radius 2 is 2.15 bits per heavy atom. The van der Waals surface area contributed by atoms with Crippen molar-refractivity contribution in [2.75, 3.05) is 19.7 Å². The molecule has 2 unspecified atom stereocenters. The third-order valence-corrected chi connectivity index (χ3v) is 5.27. The standard InChI is InChI=1S/C20H23N5O2/c1-13-8-15(12-26)11-24(10-13)20(27)19-14(2)25(23-22-19)18-5-3-4-16-9-21-7-6-17(16)18/h3-7,9,13,15,26H,8,10-12H2,1-2H3. The number of carbonyl (C=O) groups excluding carboxylic acids is 1. The number of aromatic nitrogens is 4. The summed E-state index contributed by atoms with van der Waals surface area (Å²) in [5.74, 6) is 0.366. The lowest BCUT2D eigenvalue weighted by Crippen LogP contribution is -2.44. The lowest BCUT2D eigenvalue weighted by atomic mass is 9.91. The molecule has 0 aliphatic carbocycles. The van der Waals surface area contributed by atoms with Crippen LogP contribution in [-0.2, 0) is 0 Å². The van der Waals surface area contributed by atoms with Crippen molar-refractivity contribution in [3.63, 3.8) is 0 Å². The van der Waals surface area contributed by atoms with Gasteiger partial charge in [-0.15, -0.1) is 5.10 Å². The van der Waals surface area contributed by atoms with Crippen LogP contribution in [0.2, 0.25) is 0 Å². The Hall–Kier alpha value is -2.80. The molecule has 3 heterocycles. The Balaban J connectivity index is 1.69. The molecule has 1 N–H and O–H groups in total. The van der Waals surface area contributed by atoms with E-state index in [1.807, 2.05) is 31.2 Å². The zero-order valence-corrected chi connectivity index (χ0v) is 15.5. The molecule has 27 heavy (non-hydrogen) atoms. The number of rotatable bonds is 3. The molecule has 0 saturated carbocycles. The molecule has 1 saturated heterocycles. The summed E-state index contributed by atoms with van der Waals surface area (Å²) in [6.07, 6.45) is 4.49. The van der Waals surface area contributed by atoms with E-state index in [1.54, 1.807) is 22.0 Å². The monoisotopic (exact) mass is 365 g/mol. The van der Waals surface area contributed by atoms with Crippen LogP contribution in [0.5, 0.6) is 0 Å². The number of hydrogen-bond acceptors (Lipinski definition) is 5. The van der Waals surface area contributed by atoms with Gasteiger partial charge in [0, 0.05) is 42.9 Å². The second-order valence-electron chi connectivity index (χ2n) is 7.41. The third-order valence-electron chi connectivity index (χ3n) is 5.27. The van der Waals surface area contributed by atoms with Gasteiger partial charge >= 0.3 is 0 Å². The number of aliphatic hydroxyl groups excluding tert-OH is 1. The number of piperidine rings is 1. The van der Waals surface area contributed by atoms with Gasteiger partial charge in [-0.2, -0.15) is 0 Å². The van der Waals surface area contributed by atoms with E-state index in [-0.39, 0.29) is 18.4 Å². The molecule has 1 aliphatic rings. The first-order valence-electron chi connectivity index (χ1n) is 9.24. The lowest BCUT2D eigenvalue weighted by molar-refractivity contribution is 0.0527. The molecule has 4 rings (SSSR count). The Morgan fingerprint density at radius 3 is 2.96 bits per heavy atom. The van der Waals surface area contributed by atoms with Crippen molar-refractivity contribution in [1.29, 1.82) is 0 Å². The maximum Gasteiger partial charge on any atom is 0.276 e. The van der Waals surface area contributed by atoms with Gasteiger partial charge in [0.2, 0.25) is 0 Å². The largest absolute Gasteiger partial charge is 0.396 e. The van der Waals surface area contributed by atoms with E-state index in [0.717, 1.165) is 22.9 Å². The maximum absolute atomic E-state index is 13.1. The highest BCUT2D eigenvalue weighted by Gasteiger charge is 2.30. The van der Waals surface area contributed by atoms with Gasteiger partial charge in [-0.3, -0.25) is 9.78 Å². The van der Waals surface area contributed by atoms with Gasteiger partial charge in [0.1, 0.15) is 0 Å². The molecule has 1 aliphatic heterocycles. The number of hydrogen-bond donors (Lipinski definition) is 1. The summed E-state index contributed by atoms with van der Waals surface area (Å²) >= 11 is 0. The first-order chi connectivity index (χ1) is 13.1. The summed E-state index contributed by atoms with van der Waals surface area (Å²) in [4.78, 5) is 19.0. The smallest absolute Gasteiger partial charge is 0.276 e. The fourth-order valence-electron chi connectivity index (χ4n) is 3.97. The second-order valence-corrected chi connectivity index (χ2v) is 7.41. The predicted molar refractivity (Wildman–Crippen MR) is 102 cm³/mol. The van der Waals surface area contributed by atoms with Crippen LogP contribution in [0.1, 0.15) is 29.5 Å². The summed E-state index contributed by atoms with van der Waals surface area (Å²) in [5, 5.41) is 20.0. The Kier molecular flexibility index (Phi) is 4.61. The minimum absolute atomic E-state index is 0.101. The van der Waals surface area contributed by atoms with Gasteiger partial charge < -0.3 is 10.0 Å². The van der Waals surface area contributed by atoms with Crippen LogP contribution in [0.25, 0.3) is 16.5 Å². The normalized spacial score (nSPS) is 20.2. The summed E-state index contributed by atoms with van der Waals surface area (Å²) in [6, 6.07) is 7.84. The van der Waals surface area contributed by atoms with E-state index in [9.17, 15) is 9.90 Å². The minimum Gasteiger partial charge on any atom is -0.396 e. The van der Waals surface area contributed by atoms with Crippen molar-refractivity contribution < 1.29 is 9.90 Å². The number of benzene rings is 1. The highest BCUT2D eigenvalue weighted by molar-refractivity contribution is 5.94. The van der Waals surface area contributed by atoms with E-state index in [2.05, 4.69) is 22.2 Å².